The standard InChI is InChI=1S/C38H51N5O10S/c1-7-51-35(47)32-33(40-28-18-14-13-17-27(28)39-32)52-26-20-29-30(44)22-38(36(48)41-54(49,50)42(5)6)21-25(38)16-12-10-8-9-11-15-24(34(46)43(29)23-26)19-31(45)53-37(2,3)4/h12-14,16-18,24-26,29H,7-11,15,19-23H2,1-6H3,(H,41,48)/b16-12-/t24-,25-,26-,29+,38-/m1/s1. The predicted molar refractivity (Wildman–Crippen MR) is 197 cm³/mol. The number of amides is 2. The zero-order chi connectivity index (χ0) is 39.4. The summed E-state index contributed by atoms with van der Waals surface area (Å²) in [6.45, 7) is 6.88. The number of aromatic nitrogens is 2. The van der Waals surface area contributed by atoms with Crippen molar-refractivity contribution < 1.29 is 46.6 Å². The molecule has 5 atom stereocenters. The number of allylic oxidation sites excluding steroid dienone is 2. The maximum atomic E-state index is 14.5. The molecule has 294 valence electrons. The Morgan fingerprint density at radius 3 is 2.43 bits per heavy atom. The van der Waals surface area contributed by atoms with Crippen molar-refractivity contribution in [3.8, 4) is 5.88 Å². The highest BCUT2D eigenvalue weighted by Crippen LogP contribution is 2.57. The van der Waals surface area contributed by atoms with E-state index in [0.29, 0.717) is 30.3 Å². The number of carbonyl (C=O) groups excluding carboxylic acids is 5. The largest absolute Gasteiger partial charge is 0.471 e. The molecule has 0 unspecified atom stereocenters. The highest BCUT2D eigenvalue weighted by molar-refractivity contribution is 7.87. The Balaban J connectivity index is 1.51. The van der Waals surface area contributed by atoms with Gasteiger partial charge in [0.25, 0.3) is 0 Å². The van der Waals surface area contributed by atoms with E-state index in [1.807, 2.05) is 12.2 Å². The van der Waals surface area contributed by atoms with Gasteiger partial charge in [0, 0.05) is 32.9 Å². The molecule has 0 radical (unpaired) electrons. The van der Waals surface area contributed by atoms with E-state index < -0.39 is 68.8 Å². The van der Waals surface area contributed by atoms with Crippen molar-refractivity contribution in [2.24, 2.45) is 17.3 Å². The van der Waals surface area contributed by atoms with Crippen LogP contribution in [0.4, 0.5) is 0 Å². The summed E-state index contributed by atoms with van der Waals surface area (Å²) in [7, 11) is -1.57. The first-order valence-electron chi connectivity index (χ1n) is 18.5. The summed E-state index contributed by atoms with van der Waals surface area (Å²) in [6, 6.07) is 5.82. The first-order chi connectivity index (χ1) is 25.4. The van der Waals surface area contributed by atoms with Crippen LogP contribution < -0.4 is 9.46 Å². The number of hydrogen-bond donors (Lipinski definition) is 1. The molecule has 2 fully saturated rings. The predicted octanol–water partition coefficient (Wildman–Crippen LogP) is 3.91. The summed E-state index contributed by atoms with van der Waals surface area (Å²) in [5, 5.41) is 0. The Kier molecular flexibility index (Phi) is 12.5. The first kappa shape index (κ1) is 40.7. The maximum Gasteiger partial charge on any atom is 0.362 e. The van der Waals surface area contributed by atoms with E-state index in [4.69, 9.17) is 14.2 Å². The molecule has 1 aromatic heterocycles. The molecule has 1 aliphatic carbocycles. The van der Waals surface area contributed by atoms with Crippen LogP contribution in [0.3, 0.4) is 0 Å². The molecule has 3 aliphatic rings. The molecule has 0 bridgehead atoms. The van der Waals surface area contributed by atoms with E-state index in [9.17, 15) is 32.4 Å². The van der Waals surface area contributed by atoms with Gasteiger partial charge in [0.05, 0.1) is 42.1 Å². The van der Waals surface area contributed by atoms with Crippen molar-refractivity contribution in [1.29, 1.82) is 0 Å². The summed E-state index contributed by atoms with van der Waals surface area (Å²) < 4.78 is 45.6. The van der Waals surface area contributed by atoms with Crippen LogP contribution >= 0.6 is 0 Å². The lowest BCUT2D eigenvalue weighted by Crippen LogP contribution is -2.47. The lowest BCUT2D eigenvalue weighted by Gasteiger charge is -2.29. The summed E-state index contributed by atoms with van der Waals surface area (Å²) in [6.07, 6.45) is 5.96. The second-order valence-electron chi connectivity index (χ2n) is 15.5. The van der Waals surface area contributed by atoms with E-state index in [-0.39, 0.29) is 56.3 Å². The van der Waals surface area contributed by atoms with Crippen molar-refractivity contribution in [3.63, 3.8) is 0 Å². The van der Waals surface area contributed by atoms with Crippen molar-refractivity contribution in [2.45, 2.75) is 103 Å². The SMILES string of the molecule is CCOC(=O)c1nc2ccccc2nc1O[C@@H]1C[C@H]2C(=O)C[C@]3(C(=O)NS(=O)(=O)N(C)C)C[C@H]3/C=C\CCCCC[C@H](CC(=O)OC(C)(C)C)C(=O)N2C1. The van der Waals surface area contributed by atoms with Crippen molar-refractivity contribution >= 4 is 50.8 Å². The number of ketones is 1. The van der Waals surface area contributed by atoms with Crippen molar-refractivity contribution in [2.75, 3.05) is 27.2 Å². The lowest BCUT2D eigenvalue weighted by atomic mass is 9.90. The third-order valence-electron chi connectivity index (χ3n) is 9.96. The molecule has 1 saturated carbocycles. The summed E-state index contributed by atoms with van der Waals surface area (Å²) in [5.41, 5.74) is -1.39. The van der Waals surface area contributed by atoms with Gasteiger partial charge < -0.3 is 19.1 Å². The monoisotopic (exact) mass is 769 g/mol. The van der Waals surface area contributed by atoms with Gasteiger partial charge in [-0.1, -0.05) is 37.1 Å². The maximum absolute atomic E-state index is 14.5. The lowest BCUT2D eigenvalue weighted by molar-refractivity contribution is -0.159. The molecule has 2 aliphatic heterocycles. The van der Waals surface area contributed by atoms with E-state index >= 15 is 0 Å². The minimum atomic E-state index is -4.15. The summed E-state index contributed by atoms with van der Waals surface area (Å²) >= 11 is 0. The van der Waals surface area contributed by atoms with E-state index in [1.54, 1.807) is 52.0 Å². The van der Waals surface area contributed by atoms with Gasteiger partial charge >= 0.3 is 22.1 Å². The number of Topliss-reactive ketones (excluding diaryl/α,β-unsaturated/α-hetero) is 1. The fraction of sp³-hybridized carbons (Fsp3) is 0.605. The number of esters is 2. The van der Waals surface area contributed by atoms with Gasteiger partial charge in [0.1, 0.15) is 11.7 Å². The Morgan fingerprint density at radius 1 is 1.06 bits per heavy atom. The fourth-order valence-electron chi connectivity index (χ4n) is 7.08. The molecule has 1 saturated heterocycles. The number of carbonyl (C=O) groups is 5. The van der Waals surface area contributed by atoms with Crippen LogP contribution in [0.2, 0.25) is 0 Å². The third kappa shape index (κ3) is 9.61. The molecular weight excluding hydrogens is 719 g/mol. The van der Waals surface area contributed by atoms with E-state index in [1.165, 1.54) is 19.0 Å². The number of para-hydroxylation sites is 2. The minimum Gasteiger partial charge on any atom is -0.471 e. The number of fused-ring (bicyclic) bond motifs is 3. The van der Waals surface area contributed by atoms with Crippen LogP contribution in [0, 0.1) is 17.3 Å². The second kappa shape index (κ2) is 16.5. The Labute approximate surface area is 316 Å². The van der Waals surface area contributed by atoms with Crippen LogP contribution in [0.5, 0.6) is 5.88 Å². The molecule has 1 aromatic carbocycles. The first-order valence-corrected chi connectivity index (χ1v) is 19.9. The van der Waals surface area contributed by atoms with E-state index in [0.717, 1.165) is 17.1 Å². The number of rotatable bonds is 9. The summed E-state index contributed by atoms with van der Waals surface area (Å²) in [4.78, 5) is 79.2. The van der Waals surface area contributed by atoms with Gasteiger partial charge in [-0.15, -0.1) is 0 Å². The molecule has 54 heavy (non-hydrogen) atoms. The fourth-order valence-corrected chi connectivity index (χ4v) is 7.70. The number of nitrogens with zero attached hydrogens (tertiary/aromatic N) is 4. The van der Waals surface area contributed by atoms with Gasteiger partial charge in [-0.2, -0.15) is 12.7 Å². The normalized spacial score (nSPS) is 25.9. The van der Waals surface area contributed by atoms with Crippen LogP contribution in [0.1, 0.15) is 96.0 Å². The van der Waals surface area contributed by atoms with Crippen molar-refractivity contribution in [1.82, 2.24) is 23.9 Å². The molecule has 5 rings (SSSR count). The zero-order valence-electron chi connectivity index (χ0n) is 31.8. The van der Waals surface area contributed by atoms with Gasteiger partial charge in [-0.05, 0) is 71.4 Å². The van der Waals surface area contributed by atoms with Crippen molar-refractivity contribution in [3.05, 3.63) is 42.1 Å². The van der Waals surface area contributed by atoms with Gasteiger partial charge in [-0.25, -0.2) is 19.5 Å². The number of benzene rings is 1. The van der Waals surface area contributed by atoms with Gasteiger partial charge in [0.2, 0.25) is 23.4 Å². The van der Waals surface area contributed by atoms with Crippen LogP contribution in [-0.4, -0.2) is 102 Å². The number of hydrogen-bond acceptors (Lipinski definition) is 12. The highest BCUT2D eigenvalue weighted by Gasteiger charge is 2.61. The average molecular weight is 770 g/mol. The van der Waals surface area contributed by atoms with Crippen LogP contribution in [0.15, 0.2) is 36.4 Å². The van der Waals surface area contributed by atoms with Gasteiger partial charge in [0.15, 0.2) is 5.78 Å². The van der Waals surface area contributed by atoms with E-state index in [2.05, 4.69) is 14.7 Å². The molecular formula is C38H51N5O10S. The Morgan fingerprint density at radius 2 is 1.76 bits per heavy atom. The van der Waals surface area contributed by atoms with Crippen LogP contribution in [0.25, 0.3) is 11.0 Å². The molecule has 16 heteroatoms. The molecule has 2 aromatic rings. The Bertz CT molecular complexity index is 1910. The molecule has 0 spiro atoms. The Hall–Kier alpha value is -4.44. The third-order valence-corrected chi connectivity index (χ3v) is 11.4. The quantitative estimate of drug-likeness (QED) is 0.286. The molecule has 1 N–H and O–H groups in total. The number of nitrogens with one attached hydrogen (secondary N) is 1. The van der Waals surface area contributed by atoms with Gasteiger partial charge in [-0.3, -0.25) is 19.2 Å². The smallest absolute Gasteiger partial charge is 0.362 e. The summed E-state index contributed by atoms with van der Waals surface area (Å²) in [5.74, 6) is -4.29. The van der Waals surface area contributed by atoms with Crippen LogP contribution in [-0.2, 0) is 38.9 Å². The molecule has 3 heterocycles. The second-order valence-corrected chi connectivity index (χ2v) is 17.3. The average Bonchev–Trinajstić information content (AvgIpc) is 3.62. The number of ether oxygens (including phenoxy) is 3. The minimum absolute atomic E-state index is 0.0191. The topological polar surface area (TPSA) is 191 Å². The molecule has 2 amide bonds. The highest BCUT2D eigenvalue weighted by atomic mass is 32.2. The molecule has 15 nitrogen and oxygen atoms in total. The zero-order valence-corrected chi connectivity index (χ0v) is 32.6.